The molecule has 11 heavy (non-hydrogen) atoms. The largest absolute Gasteiger partial charge is 0.361 e. The molecule has 1 heterocycles. The zero-order valence-electron chi connectivity index (χ0n) is 5.20. The summed E-state index contributed by atoms with van der Waals surface area (Å²) in [6, 6.07) is 0. The molecule has 0 saturated carbocycles. The number of nitro groups is 1. The fraction of sp³-hybridized carbons (Fsp3) is 0. The van der Waals surface area contributed by atoms with E-state index in [2.05, 4.69) is 4.98 Å². The van der Waals surface area contributed by atoms with E-state index >= 15 is 0 Å². The van der Waals surface area contributed by atoms with Crippen molar-refractivity contribution in [2.24, 2.45) is 0 Å². The Bertz CT molecular complexity index is 346. The van der Waals surface area contributed by atoms with Crippen LogP contribution in [0.3, 0.4) is 0 Å². The van der Waals surface area contributed by atoms with E-state index in [1.54, 1.807) is 22.6 Å². The van der Waals surface area contributed by atoms with Crippen LogP contribution < -0.4 is 5.43 Å². The van der Waals surface area contributed by atoms with Gasteiger partial charge in [0.1, 0.15) is 0 Å². The van der Waals surface area contributed by atoms with Crippen LogP contribution >= 0.6 is 22.6 Å². The van der Waals surface area contributed by atoms with Crippen molar-refractivity contribution < 1.29 is 4.92 Å². The topological polar surface area (TPSA) is 76.0 Å². The minimum absolute atomic E-state index is 0.316. The Morgan fingerprint density at radius 1 is 1.55 bits per heavy atom. The van der Waals surface area contributed by atoms with Crippen molar-refractivity contribution >= 4 is 28.3 Å². The maximum atomic E-state index is 10.9. The molecule has 1 rings (SSSR count). The van der Waals surface area contributed by atoms with E-state index in [9.17, 15) is 14.9 Å². The first-order valence-electron chi connectivity index (χ1n) is 2.64. The molecule has 6 heteroatoms. The quantitative estimate of drug-likeness (QED) is 0.466. The van der Waals surface area contributed by atoms with E-state index in [-0.39, 0.29) is 0 Å². The molecule has 0 bridgehead atoms. The van der Waals surface area contributed by atoms with Gasteiger partial charge in [-0.05, 0) is 22.6 Å². The average Bonchev–Trinajstić information content (AvgIpc) is 1.94. The van der Waals surface area contributed by atoms with Gasteiger partial charge in [-0.1, -0.05) is 0 Å². The number of aromatic amines is 1. The number of rotatable bonds is 1. The second-order valence-corrected chi connectivity index (χ2v) is 2.94. The smallest absolute Gasteiger partial charge is 0.333 e. The number of hydrogen-bond acceptors (Lipinski definition) is 3. The summed E-state index contributed by atoms with van der Waals surface area (Å²) in [5.74, 6) is 0. The molecule has 58 valence electrons. The van der Waals surface area contributed by atoms with E-state index in [4.69, 9.17) is 0 Å². The van der Waals surface area contributed by atoms with Crippen LogP contribution in [0.2, 0.25) is 0 Å². The van der Waals surface area contributed by atoms with Gasteiger partial charge in [0.25, 0.3) is 5.43 Å². The van der Waals surface area contributed by atoms with Crippen LogP contribution in [0, 0.1) is 13.7 Å². The lowest BCUT2D eigenvalue weighted by Gasteiger charge is -1.89. The highest BCUT2D eigenvalue weighted by Gasteiger charge is 2.12. The summed E-state index contributed by atoms with van der Waals surface area (Å²) in [5, 5.41) is 10.2. The number of nitrogens with zero attached hydrogens (tertiary/aromatic N) is 1. The minimum atomic E-state index is -0.707. The van der Waals surface area contributed by atoms with Gasteiger partial charge in [-0.3, -0.25) is 14.9 Å². The van der Waals surface area contributed by atoms with Gasteiger partial charge >= 0.3 is 5.69 Å². The predicted octanol–water partition coefficient (Wildman–Crippen LogP) is 0.888. The highest BCUT2D eigenvalue weighted by atomic mass is 127. The molecule has 1 aromatic rings. The van der Waals surface area contributed by atoms with E-state index in [1.165, 1.54) is 6.20 Å². The lowest BCUT2D eigenvalue weighted by Crippen LogP contribution is -2.10. The molecular weight excluding hydrogens is 263 g/mol. The first-order chi connectivity index (χ1) is 5.13. The fourth-order valence-corrected chi connectivity index (χ4v) is 1.04. The van der Waals surface area contributed by atoms with Gasteiger partial charge in [0.05, 0.1) is 14.7 Å². The van der Waals surface area contributed by atoms with Crippen molar-refractivity contribution in [1.82, 2.24) is 4.98 Å². The average molecular weight is 266 g/mol. The third-order valence-corrected chi connectivity index (χ3v) is 1.88. The Kier molecular flexibility index (Phi) is 2.22. The molecule has 0 unspecified atom stereocenters. The van der Waals surface area contributed by atoms with E-state index in [1.807, 2.05) is 0 Å². The number of pyridine rings is 1. The monoisotopic (exact) mass is 266 g/mol. The van der Waals surface area contributed by atoms with Gasteiger partial charge in [-0.25, -0.2) is 0 Å². The molecule has 0 amide bonds. The van der Waals surface area contributed by atoms with Gasteiger partial charge in [0, 0.05) is 6.20 Å². The summed E-state index contributed by atoms with van der Waals surface area (Å²) in [6.45, 7) is 0. The lowest BCUT2D eigenvalue weighted by atomic mass is 10.4. The van der Waals surface area contributed by atoms with Crippen LogP contribution in [0.5, 0.6) is 0 Å². The van der Waals surface area contributed by atoms with Gasteiger partial charge in [-0.2, -0.15) is 0 Å². The van der Waals surface area contributed by atoms with Crippen LogP contribution in [0.25, 0.3) is 0 Å². The highest BCUT2D eigenvalue weighted by Crippen LogP contribution is 2.03. The molecule has 5 nitrogen and oxygen atoms in total. The normalized spacial score (nSPS) is 9.55. The van der Waals surface area contributed by atoms with Gasteiger partial charge in [0.15, 0.2) is 0 Å². The Hall–Kier alpha value is -0.920. The highest BCUT2D eigenvalue weighted by molar-refractivity contribution is 14.1. The summed E-state index contributed by atoms with van der Waals surface area (Å²) in [5.41, 5.74) is -0.966. The molecule has 0 aliphatic rings. The van der Waals surface area contributed by atoms with Crippen LogP contribution in [0.15, 0.2) is 17.2 Å². The molecular formula is C5H3IN2O3. The van der Waals surface area contributed by atoms with Crippen LogP contribution in [-0.4, -0.2) is 9.91 Å². The fourth-order valence-electron chi connectivity index (χ4n) is 0.583. The zero-order valence-corrected chi connectivity index (χ0v) is 7.36. The molecule has 0 spiro atoms. The van der Waals surface area contributed by atoms with Gasteiger partial charge < -0.3 is 4.98 Å². The van der Waals surface area contributed by atoms with Crippen LogP contribution in [0.1, 0.15) is 0 Å². The Morgan fingerprint density at radius 2 is 2.18 bits per heavy atom. The first-order valence-corrected chi connectivity index (χ1v) is 3.72. The molecule has 0 saturated heterocycles. The van der Waals surface area contributed by atoms with Crippen molar-refractivity contribution in [3.63, 3.8) is 0 Å². The number of nitrogens with one attached hydrogen (secondary N) is 1. The standard InChI is InChI=1S/C5H3IN2O3/c6-3-1-7-2-4(5(3)9)8(10)11/h1-2H,(H,7,9). The molecule has 1 N–H and O–H groups in total. The summed E-state index contributed by atoms with van der Waals surface area (Å²) >= 11 is 1.74. The summed E-state index contributed by atoms with van der Waals surface area (Å²) in [7, 11) is 0. The second kappa shape index (κ2) is 2.99. The molecule has 0 atom stereocenters. The number of H-pyrrole nitrogens is 1. The zero-order chi connectivity index (χ0) is 8.43. The van der Waals surface area contributed by atoms with E-state index in [0.29, 0.717) is 3.57 Å². The maximum absolute atomic E-state index is 10.9. The van der Waals surface area contributed by atoms with Gasteiger partial charge in [0.2, 0.25) is 0 Å². The van der Waals surface area contributed by atoms with Crippen molar-refractivity contribution in [3.05, 3.63) is 36.3 Å². The van der Waals surface area contributed by atoms with Gasteiger partial charge in [-0.15, -0.1) is 0 Å². The van der Waals surface area contributed by atoms with Crippen molar-refractivity contribution in [2.45, 2.75) is 0 Å². The first kappa shape index (κ1) is 8.18. The van der Waals surface area contributed by atoms with Crippen molar-refractivity contribution in [3.8, 4) is 0 Å². The minimum Gasteiger partial charge on any atom is -0.361 e. The SMILES string of the molecule is O=c1c(I)c[nH]cc1[N+](=O)[O-]. The molecule has 0 radical (unpaired) electrons. The van der Waals surface area contributed by atoms with Crippen LogP contribution in [0.4, 0.5) is 5.69 Å². The molecule has 0 aliphatic heterocycles. The Morgan fingerprint density at radius 3 is 2.64 bits per heavy atom. The number of aromatic nitrogens is 1. The van der Waals surface area contributed by atoms with Crippen molar-refractivity contribution in [2.75, 3.05) is 0 Å². The maximum Gasteiger partial charge on any atom is 0.333 e. The number of halogens is 1. The van der Waals surface area contributed by atoms with Crippen LogP contribution in [-0.2, 0) is 0 Å². The Labute approximate surface area is 74.7 Å². The number of hydrogen-bond donors (Lipinski definition) is 1. The predicted molar refractivity (Wildman–Crippen MR) is 46.4 cm³/mol. The third-order valence-electron chi connectivity index (χ3n) is 1.08. The molecule has 0 aromatic carbocycles. The summed E-state index contributed by atoms with van der Waals surface area (Å²) in [4.78, 5) is 22.9. The van der Waals surface area contributed by atoms with E-state index in [0.717, 1.165) is 6.20 Å². The van der Waals surface area contributed by atoms with E-state index < -0.39 is 16.0 Å². The second-order valence-electron chi connectivity index (χ2n) is 1.77. The summed E-state index contributed by atoms with van der Waals surface area (Å²) in [6.07, 6.45) is 2.49. The summed E-state index contributed by atoms with van der Waals surface area (Å²) < 4.78 is 0.316. The van der Waals surface area contributed by atoms with Crippen molar-refractivity contribution in [1.29, 1.82) is 0 Å². The Balaban J connectivity index is 3.40. The molecule has 0 aliphatic carbocycles. The molecule has 1 aromatic heterocycles. The lowest BCUT2D eigenvalue weighted by molar-refractivity contribution is -0.386. The molecule has 0 fully saturated rings. The third kappa shape index (κ3) is 1.56.